The molecule has 37 heavy (non-hydrogen) atoms. The van der Waals surface area contributed by atoms with Crippen molar-refractivity contribution in [3.05, 3.63) is 90.9 Å². The third-order valence-corrected chi connectivity index (χ3v) is 6.83. The van der Waals surface area contributed by atoms with E-state index in [2.05, 4.69) is 9.88 Å². The molecule has 0 radical (unpaired) electrons. The van der Waals surface area contributed by atoms with E-state index in [1.165, 1.54) is 24.3 Å². The zero-order valence-corrected chi connectivity index (χ0v) is 20.1. The molecular formula is C29H25F2N5O. The van der Waals surface area contributed by atoms with Gasteiger partial charge in [0.05, 0.1) is 18.3 Å². The second-order valence-corrected chi connectivity index (χ2v) is 9.33. The van der Waals surface area contributed by atoms with Gasteiger partial charge in [-0.25, -0.2) is 13.8 Å². The predicted octanol–water partition coefficient (Wildman–Crippen LogP) is 5.17. The summed E-state index contributed by atoms with van der Waals surface area (Å²) in [5, 5.41) is 15.5. The molecule has 0 saturated carbocycles. The Labute approximate surface area is 212 Å². The minimum Gasteiger partial charge on any atom is -0.392 e. The molecule has 1 N–H and O–H groups in total. The Balaban J connectivity index is 1.57. The fourth-order valence-corrected chi connectivity index (χ4v) is 4.99. The van der Waals surface area contributed by atoms with Crippen LogP contribution in [0.5, 0.6) is 0 Å². The first kappa shape index (κ1) is 23.4. The van der Waals surface area contributed by atoms with E-state index >= 15 is 0 Å². The number of hydrogen-bond donors (Lipinski definition) is 1. The van der Waals surface area contributed by atoms with Gasteiger partial charge in [-0.2, -0.15) is 5.10 Å². The van der Waals surface area contributed by atoms with E-state index in [-0.39, 0.29) is 17.7 Å². The summed E-state index contributed by atoms with van der Waals surface area (Å²) in [6.07, 6.45) is 5.93. The number of nitrogens with zero attached hydrogens (tertiary/aromatic N) is 5. The Morgan fingerprint density at radius 2 is 1.46 bits per heavy atom. The number of benzene rings is 2. The molecule has 1 fully saturated rings. The molecular weight excluding hydrogens is 472 g/mol. The molecule has 0 amide bonds. The topological polar surface area (TPSA) is 67.1 Å². The van der Waals surface area contributed by atoms with Gasteiger partial charge in [-0.3, -0.25) is 14.6 Å². The molecule has 4 heterocycles. The average molecular weight is 498 g/mol. The van der Waals surface area contributed by atoms with E-state index in [0.717, 1.165) is 52.7 Å². The molecule has 8 heteroatoms. The number of β-amino-alcohol motifs (C(OH)–C–C–N with tert-alkyl or cyclic N) is 1. The number of likely N-dealkylation sites (tertiary alicyclic amines) is 1. The molecule has 3 aromatic heterocycles. The minimum atomic E-state index is -0.328. The van der Waals surface area contributed by atoms with Crippen molar-refractivity contribution in [3.8, 4) is 33.5 Å². The summed E-state index contributed by atoms with van der Waals surface area (Å²) in [6.45, 7) is 2.93. The van der Waals surface area contributed by atoms with Crippen LogP contribution in [0.4, 0.5) is 8.78 Å². The van der Waals surface area contributed by atoms with Crippen LogP contribution in [0.1, 0.15) is 6.42 Å². The highest BCUT2D eigenvalue weighted by atomic mass is 19.1. The van der Waals surface area contributed by atoms with Gasteiger partial charge in [0.1, 0.15) is 11.6 Å². The summed E-state index contributed by atoms with van der Waals surface area (Å²) in [4.78, 5) is 11.4. The van der Waals surface area contributed by atoms with E-state index in [1.54, 1.807) is 36.7 Å². The largest absolute Gasteiger partial charge is 0.392 e. The number of aliphatic hydroxyl groups is 1. The van der Waals surface area contributed by atoms with Crippen LogP contribution in [0, 0.1) is 11.6 Å². The van der Waals surface area contributed by atoms with Crippen LogP contribution >= 0.6 is 0 Å². The predicted molar refractivity (Wildman–Crippen MR) is 139 cm³/mol. The van der Waals surface area contributed by atoms with Gasteiger partial charge < -0.3 is 5.11 Å². The monoisotopic (exact) mass is 497 g/mol. The molecule has 1 atom stereocenters. The molecule has 6 nitrogen and oxygen atoms in total. The number of pyridine rings is 2. The summed E-state index contributed by atoms with van der Waals surface area (Å²) in [7, 11) is 0. The summed E-state index contributed by atoms with van der Waals surface area (Å²) in [5.41, 5.74) is 5.39. The first-order chi connectivity index (χ1) is 18.0. The molecule has 1 unspecified atom stereocenters. The number of aromatic nitrogens is 4. The van der Waals surface area contributed by atoms with Crippen molar-refractivity contribution in [2.45, 2.75) is 19.1 Å². The smallest absolute Gasteiger partial charge is 0.182 e. The maximum absolute atomic E-state index is 13.9. The van der Waals surface area contributed by atoms with Crippen LogP contribution in [0.2, 0.25) is 0 Å². The lowest BCUT2D eigenvalue weighted by Crippen LogP contribution is -2.26. The molecule has 1 aliphatic heterocycles. The third kappa shape index (κ3) is 4.73. The number of rotatable bonds is 6. The Morgan fingerprint density at radius 1 is 0.811 bits per heavy atom. The lowest BCUT2D eigenvalue weighted by atomic mass is 9.90. The number of halogens is 2. The first-order valence-electron chi connectivity index (χ1n) is 12.3. The van der Waals surface area contributed by atoms with Crippen LogP contribution in [0.15, 0.2) is 79.3 Å². The number of aliphatic hydroxyl groups excluding tert-OH is 1. The van der Waals surface area contributed by atoms with Crippen molar-refractivity contribution in [2.75, 3.05) is 19.6 Å². The van der Waals surface area contributed by atoms with Crippen LogP contribution < -0.4 is 0 Å². The fraction of sp³-hybridized carbons (Fsp3) is 0.207. The van der Waals surface area contributed by atoms with E-state index in [9.17, 15) is 13.9 Å². The highest BCUT2D eigenvalue weighted by Crippen LogP contribution is 2.42. The molecule has 2 aromatic carbocycles. The van der Waals surface area contributed by atoms with Gasteiger partial charge in [-0.15, -0.1) is 0 Å². The average Bonchev–Trinajstić information content (AvgIpc) is 3.53. The SMILES string of the molecule is OC1CCN(CCn2cc3c(-c4ccc(F)cc4)c(-c4ccncc4)c(-c4ccc(F)cc4)nc3n2)C1. The molecule has 5 aromatic rings. The van der Waals surface area contributed by atoms with Gasteiger partial charge in [-0.1, -0.05) is 12.1 Å². The first-order valence-corrected chi connectivity index (χ1v) is 12.3. The quantitative estimate of drug-likeness (QED) is 0.351. The second kappa shape index (κ2) is 9.80. The Bertz CT molecular complexity index is 1540. The number of fused-ring (bicyclic) bond motifs is 1. The van der Waals surface area contributed by atoms with Crippen molar-refractivity contribution in [1.29, 1.82) is 0 Å². The van der Waals surface area contributed by atoms with Crippen LogP contribution in [-0.4, -0.2) is 55.5 Å². The zero-order valence-electron chi connectivity index (χ0n) is 20.1. The van der Waals surface area contributed by atoms with Crippen molar-refractivity contribution < 1.29 is 13.9 Å². The fourth-order valence-electron chi connectivity index (χ4n) is 4.99. The Kier molecular flexibility index (Phi) is 6.20. The highest BCUT2D eigenvalue weighted by Gasteiger charge is 2.23. The van der Waals surface area contributed by atoms with Crippen molar-refractivity contribution >= 4 is 11.0 Å². The van der Waals surface area contributed by atoms with E-state index in [4.69, 9.17) is 10.1 Å². The van der Waals surface area contributed by atoms with Gasteiger partial charge in [0.25, 0.3) is 0 Å². The van der Waals surface area contributed by atoms with Gasteiger partial charge in [0, 0.05) is 60.3 Å². The Hall–Kier alpha value is -4.01. The molecule has 1 saturated heterocycles. The van der Waals surface area contributed by atoms with Crippen molar-refractivity contribution in [2.24, 2.45) is 0 Å². The van der Waals surface area contributed by atoms with Gasteiger partial charge in [0.2, 0.25) is 0 Å². The van der Waals surface area contributed by atoms with E-state index in [0.29, 0.717) is 24.4 Å². The summed E-state index contributed by atoms with van der Waals surface area (Å²) in [6, 6.07) is 16.5. The number of hydrogen-bond acceptors (Lipinski definition) is 5. The van der Waals surface area contributed by atoms with Crippen molar-refractivity contribution in [3.63, 3.8) is 0 Å². The molecule has 0 spiro atoms. The summed E-state index contributed by atoms with van der Waals surface area (Å²) in [5.74, 6) is -0.646. The third-order valence-electron chi connectivity index (χ3n) is 6.83. The van der Waals surface area contributed by atoms with Crippen LogP contribution in [-0.2, 0) is 6.54 Å². The highest BCUT2D eigenvalue weighted by molar-refractivity contribution is 6.05. The molecule has 186 valence electrons. The lowest BCUT2D eigenvalue weighted by Gasteiger charge is -2.16. The Morgan fingerprint density at radius 3 is 2.11 bits per heavy atom. The standard InChI is InChI=1S/C29H25F2N5O/c30-22-5-1-19(2-6-22)26-25-18-36(16-15-35-14-11-24(37)17-35)34-29(25)33-28(21-3-7-23(31)8-4-21)27(26)20-9-12-32-13-10-20/h1-10,12-13,18,24,37H,11,14-17H2. The molecule has 0 aliphatic carbocycles. The molecule has 6 rings (SSSR count). The van der Waals surface area contributed by atoms with Crippen LogP contribution in [0.25, 0.3) is 44.5 Å². The van der Waals surface area contributed by atoms with E-state index in [1.807, 2.05) is 23.0 Å². The lowest BCUT2D eigenvalue weighted by molar-refractivity contribution is 0.174. The molecule has 0 bridgehead atoms. The maximum atomic E-state index is 13.9. The zero-order chi connectivity index (χ0) is 25.4. The second-order valence-electron chi connectivity index (χ2n) is 9.33. The van der Waals surface area contributed by atoms with Gasteiger partial charge >= 0.3 is 0 Å². The maximum Gasteiger partial charge on any atom is 0.182 e. The van der Waals surface area contributed by atoms with Crippen molar-refractivity contribution in [1.82, 2.24) is 24.6 Å². The summed E-state index contributed by atoms with van der Waals surface area (Å²) < 4.78 is 29.6. The normalized spacial score (nSPS) is 16.0. The minimum absolute atomic E-state index is 0.273. The van der Waals surface area contributed by atoms with E-state index < -0.39 is 0 Å². The van der Waals surface area contributed by atoms with Gasteiger partial charge in [0.15, 0.2) is 5.65 Å². The van der Waals surface area contributed by atoms with Gasteiger partial charge in [-0.05, 0) is 66.1 Å². The summed E-state index contributed by atoms with van der Waals surface area (Å²) >= 11 is 0. The van der Waals surface area contributed by atoms with Crippen LogP contribution in [0.3, 0.4) is 0 Å². The molecule has 1 aliphatic rings.